The number of aryl methyl sites for hydroxylation is 2. The normalized spacial score (nSPS) is 15.2. The quantitative estimate of drug-likeness (QED) is 0.856. The van der Waals surface area contributed by atoms with Crippen molar-refractivity contribution in [2.75, 3.05) is 31.1 Å². The van der Waals surface area contributed by atoms with Crippen LogP contribution >= 0.6 is 0 Å². The van der Waals surface area contributed by atoms with Crippen LogP contribution in [-0.2, 0) is 11.3 Å². The predicted molar refractivity (Wildman–Crippen MR) is 84.7 cm³/mol. The highest BCUT2D eigenvalue weighted by Crippen LogP contribution is 2.12. The van der Waals surface area contributed by atoms with Crippen molar-refractivity contribution in [2.45, 2.75) is 20.4 Å². The maximum atomic E-state index is 12.5. The van der Waals surface area contributed by atoms with Gasteiger partial charge in [0.2, 0.25) is 11.9 Å². The molecule has 2 aromatic heterocycles. The molecule has 1 aliphatic heterocycles. The van der Waals surface area contributed by atoms with E-state index in [9.17, 15) is 4.79 Å². The van der Waals surface area contributed by atoms with Crippen LogP contribution in [0, 0.1) is 13.8 Å². The molecule has 0 unspecified atom stereocenters. The van der Waals surface area contributed by atoms with Crippen molar-refractivity contribution in [3.63, 3.8) is 0 Å². The molecular weight excluding hydrogens is 278 g/mol. The third kappa shape index (κ3) is 2.95. The molecule has 0 spiro atoms. The molecule has 3 rings (SSSR count). The van der Waals surface area contributed by atoms with Crippen molar-refractivity contribution in [3.05, 3.63) is 42.0 Å². The van der Waals surface area contributed by atoms with Crippen LogP contribution in [0.3, 0.4) is 0 Å². The van der Waals surface area contributed by atoms with E-state index in [1.54, 1.807) is 12.4 Å². The fourth-order valence-corrected chi connectivity index (χ4v) is 2.79. The molecule has 1 fully saturated rings. The van der Waals surface area contributed by atoms with Crippen molar-refractivity contribution < 1.29 is 4.79 Å². The lowest BCUT2D eigenvalue weighted by atomic mass is 10.3. The number of hydrogen-bond donors (Lipinski definition) is 0. The first-order valence-electron chi connectivity index (χ1n) is 7.57. The highest BCUT2D eigenvalue weighted by Gasteiger charge is 2.22. The van der Waals surface area contributed by atoms with Crippen molar-refractivity contribution in [3.8, 4) is 0 Å². The Balaban J connectivity index is 1.58. The van der Waals surface area contributed by atoms with Crippen LogP contribution in [0.1, 0.15) is 11.4 Å². The Kier molecular flexibility index (Phi) is 4.09. The lowest BCUT2D eigenvalue weighted by molar-refractivity contribution is -0.132. The van der Waals surface area contributed by atoms with Crippen LogP contribution in [0.4, 0.5) is 5.95 Å². The topological polar surface area (TPSA) is 54.3 Å². The molecule has 116 valence electrons. The average Bonchev–Trinajstić information content (AvgIpc) is 2.88. The molecule has 1 amide bonds. The number of nitrogens with zero attached hydrogens (tertiary/aromatic N) is 5. The van der Waals surface area contributed by atoms with Gasteiger partial charge in [0.25, 0.3) is 0 Å². The first-order valence-corrected chi connectivity index (χ1v) is 7.57. The summed E-state index contributed by atoms with van der Waals surface area (Å²) in [5.41, 5.74) is 2.25. The van der Waals surface area contributed by atoms with E-state index in [1.807, 2.05) is 36.9 Å². The lowest BCUT2D eigenvalue weighted by Gasteiger charge is -2.34. The molecular formula is C16H21N5O. The third-order valence-electron chi connectivity index (χ3n) is 4.18. The number of carbonyl (C=O) groups is 1. The number of carbonyl (C=O) groups excluding carboxylic acids is 1. The second-order valence-electron chi connectivity index (χ2n) is 5.62. The second kappa shape index (κ2) is 6.17. The summed E-state index contributed by atoms with van der Waals surface area (Å²) in [5.74, 6) is 0.919. The number of anilines is 1. The molecule has 6 heteroatoms. The van der Waals surface area contributed by atoms with Crippen LogP contribution in [0.2, 0.25) is 0 Å². The standard InChI is InChI=1S/C16H21N5O/c1-13-4-5-14(2)21(13)12-15(22)19-8-10-20(11-9-19)16-17-6-3-7-18-16/h3-7H,8-12H2,1-2H3. The molecule has 0 radical (unpaired) electrons. The molecule has 2 aromatic rings. The molecule has 0 N–H and O–H groups in total. The Hall–Kier alpha value is -2.37. The smallest absolute Gasteiger partial charge is 0.242 e. The van der Waals surface area contributed by atoms with E-state index >= 15 is 0 Å². The van der Waals surface area contributed by atoms with Crippen LogP contribution in [0.25, 0.3) is 0 Å². The van der Waals surface area contributed by atoms with Gasteiger partial charge in [0.15, 0.2) is 0 Å². The van der Waals surface area contributed by atoms with Gasteiger partial charge in [0.1, 0.15) is 6.54 Å². The molecule has 1 saturated heterocycles. The zero-order chi connectivity index (χ0) is 15.5. The Morgan fingerprint density at radius 1 is 1.05 bits per heavy atom. The summed E-state index contributed by atoms with van der Waals surface area (Å²) in [6.45, 7) is 7.48. The van der Waals surface area contributed by atoms with Gasteiger partial charge in [-0.25, -0.2) is 9.97 Å². The first-order chi connectivity index (χ1) is 10.6. The molecule has 22 heavy (non-hydrogen) atoms. The van der Waals surface area contributed by atoms with Crippen molar-refractivity contribution in [2.24, 2.45) is 0 Å². The van der Waals surface area contributed by atoms with Crippen LogP contribution < -0.4 is 4.90 Å². The second-order valence-corrected chi connectivity index (χ2v) is 5.62. The molecule has 0 saturated carbocycles. The van der Waals surface area contributed by atoms with Gasteiger partial charge in [-0.05, 0) is 32.0 Å². The van der Waals surface area contributed by atoms with Gasteiger partial charge in [0.05, 0.1) is 0 Å². The molecule has 0 atom stereocenters. The molecule has 0 bridgehead atoms. The van der Waals surface area contributed by atoms with Crippen molar-refractivity contribution >= 4 is 11.9 Å². The number of piperazine rings is 1. The summed E-state index contributed by atoms with van der Waals surface area (Å²) in [6.07, 6.45) is 3.49. The summed E-state index contributed by atoms with van der Waals surface area (Å²) in [6, 6.07) is 5.91. The van der Waals surface area contributed by atoms with E-state index in [0.29, 0.717) is 6.54 Å². The van der Waals surface area contributed by atoms with Crippen molar-refractivity contribution in [1.82, 2.24) is 19.4 Å². The van der Waals surface area contributed by atoms with Crippen LogP contribution in [-0.4, -0.2) is 51.5 Å². The maximum Gasteiger partial charge on any atom is 0.242 e. The highest BCUT2D eigenvalue weighted by atomic mass is 16.2. The van der Waals surface area contributed by atoms with Gasteiger partial charge in [-0.15, -0.1) is 0 Å². The number of rotatable bonds is 3. The number of aromatic nitrogens is 3. The van der Waals surface area contributed by atoms with Crippen molar-refractivity contribution in [1.29, 1.82) is 0 Å². The molecule has 6 nitrogen and oxygen atoms in total. The summed E-state index contributed by atoms with van der Waals surface area (Å²) < 4.78 is 2.06. The highest BCUT2D eigenvalue weighted by molar-refractivity contribution is 5.76. The fraction of sp³-hybridized carbons (Fsp3) is 0.438. The number of amides is 1. The van der Waals surface area contributed by atoms with Gasteiger partial charge in [-0.2, -0.15) is 0 Å². The summed E-state index contributed by atoms with van der Waals surface area (Å²) >= 11 is 0. The third-order valence-corrected chi connectivity index (χ3v) is 4.18. The summed E-state index contributed by atoms with van der Waals surface area (Å²) in [7, 11) is 0. The van der Waals surface area contributed by atoms with Crippen LogP contribution in [0.5, 0.6) is 0 Å². The Labute approximate surface area is 130 Å². The first kappa shape index (κ1) is 14.6. The summed E-state index contributed by atoms with van der Waals surface area (Å²) in [4.78, 5) is 25.0. The largest absolute Gasteiger partial charge is 0.340 e. The van der Waals surface area contributed by atoms with Gasteiger partial charge < -0.3 is 14.4 Å². The zero-order valence-corrected chi connectivity index (χ0v) is 13.1. The van der Waals surface area contributed by atoms with E-state index < -0.39 is 0 Å². The molecule has 0 aromatic carbocycles. The monoisotopic (exact) mass is 299 g/mol. The average molecular weight is 299 g/mol. The van der Waals surface area contributed by atoms with Crippen LogP contribution in [0.15, 0.2) is 30.6 Å². The van der Waals surface area contributed by atoms with Gasteiger partial charge in [0, 0.05) is 50.0 Å². The Morgan fingerprint density at radius 2 is 1.64 bits per heavy atom. The molecule has 3 heterocycles. The van der Waals surface area contributed by atoms with E-state index in [1.165, 1.54) is 0 Å². The van der Waals surface area contributed by atoms with Gasteiger partial charge >= 0.3 is 0 Å². The Bertz CT molecular complexity index is 624. The fourth-order valence-electron chi connectivity index (χ4n) is 2.79. The zero-order valence-electron chi connectivity index (χ0n) is 13.1. The predicted octanol–water partition coefficient (Wildman–Crippen LogP) is 1.24. The minimum absolute atomic E-state index is 0.177. The lowest BCUT2D eigenvalue weighted by Crippen LogP contribution is -2.50. The van der Waals surface area contributed by atoms with E-state index in [-0.39, 0.29) is 5.91 Å². The Morgan fingerprint density at radius 3 is 2.23 bits per heavy atom. The molecule has 0 aliphatic carbocycles. The van der Waals surface area contributed by atoms with E-state index in [0.717, 1.165) is 43.5 Å². The number of hydrogen-bond acceptors (Lipinski definition) is 4. The minimum atomic E-state index is 0.177. The van der Waals surface area contributed by atoms with Gasteiger partial charge in [-0.1, -0.05) is 0 Å². The SMILES string of the molecule is Cc1ccc(C)n1CC(=O)N1CCN(c2ncccn2)CC1. The van der Waals surface area contributed by atoms with E-state index in [4.69, 9.17) is 0 Å². The maximum absolute atomic E-state index is 12.5. The van der Waals surface area contributed by atoms with Gasteiger partial charge in [-0.3, -0.25) is 4.79 Å². The minimum Gasteiger partial charge on any atom is -0.340 e. The van der Waals surface area contributed by atoms with E-state index in [2.05, 4.69) is 19.4 Å². The summed E-state index contributed by atoms with van der Waals surface area (Å²) in [5, 5.41) is 0. The molecule has 1 aliphatic rings.